The zero-order valence-corrected chi connectivity index (χ0v) is 16.6. The van der Waals surface area contributed by atoms with Crippen LogP contribution >= 0.6 is 15.9 Å². The molecule has 1 aromatic heterocycles. The van der Waals surface area contributed by atoms with Crippen LogP contribution < -0.4 is 4.74 Å². The highest BCUT2D eigenvalue weighted by atomic mass is 79.9. The molecule has 142 valence electrons. The van der Waals surface area contributed by atoms with Crippen LogP contribution in [0.3, 0.4) is 0 Å². The highest BCUT2D eigenvalue weighted by Crippen LogP contribution is 2.24. The van der Waals surface area contributed by atoms with Gasteiger partial charge in [0.05, 0.1) is 18.1 Å². The standard InChI is InChI=1S/C20H21BrN2O4/c1-2-26-20(25)15-5-4-10-23(13-15)19(24)14-8-9-18(22-12-14)27-17-7-3-6-16(21)11-17/h3,6-9,11-12,15H,2,4-5,10,13H2,1H3. The fourth-order valence-electron chi connectivity index (χ4n) is 3.02. The number of halogens is 1. The Hall–Kier alpha value is -2.41. The number of nitrogens with zero attached hydrogens (tertiary/aromatic N) is 2. The van der Waals surface area contributed by atoms with Gasteiger partial charge in [-0.2, -0.15) is 0 Å². The van der Waals surface area contributed by atoms with Crippen LogP contribution in [0.2, 0.25) is 0 Å². The van der Waals surface area contributed by atoms with Gasteiger partial charge in [-0.15, -0.1) is 0 Å². The molecule has 7 heteroatoms. The van der Waals surface area contributed by atoms with E-state index in [1.165, 1.54) is 6.20 Å². The number of pyridine rings is 1. The van der Waals surface area contributed by atoms with Crippen LogP contribution in [0.5, 0.6) is 11.6 Å². The number of aromatic nitrogens is 1. The van der Waals surface area contributed by atoms with Crippen molar-refractivity contribution >= 4 is 27.8 Å². The van der Waals surface area contributed by atoms with Crippen LogP contribution in [-0.4, -0.2) is 41.5 Å². The molecule has 3 rings (SSSR count). The Bertz CT molecular complexity index is 810. The first-order chi connectivity index (χ1) is 13.1. The third-order valence-electron chi connectivity index (χ3n) is 4.33. The lowest BCUT2D eigenvalue weighted by atomic mass is 9.97. The summed E-state index contributed by atoms with van der Waals surface area (Å²) in [5.41, 5.74) is 0.473. The van der Waals surface area contributed by atoms with Crippen LogP contribution in [-0.2, 0) is 9.53 Å². The predicted octanol–water partition coefficient (Wildman–Crippen LogP) is 4.05. The zero-order valence-electron chi connectivity index (χ0n) is 15.1. The fraction of sp³-hybridized carbons (Fsp3) is 0.350. The average molecular weight is 433 g/mol. The minimum Gasteiger partial charge on any atom is -0.466 e. The van der Waals surface area contributed by atoms with Gasteiger partial charge in [0.2, 0.25) is 5.88 Å². The van der Waals surface area contributed by atoms with Gasteiger partial charge in [0.1, 0.15) is 5.75 Å². The van der Waals surface area contributed by atoms with Gasteiger partial charge in [0, 0.05) is 29.8 Å². The van der Waals surface area contributed by atoms with Crippen molar-refractivity contribution in [2.24, 2.45) is 5.92 Å². The Morgan fingerprint density at radius 2 is 2.15 bits per heavy atom. The van der Waals surface area contributed by atoms with E-state index in [1.807, 2.05) is 24.3 Å². The highest BCUT2D eigenvalue weighted by Gasteiger charge is 2.29. The van der Waals surface area contributed by atoms with Gasteiger partial charge in [-0.25, -0.2) is 4.98 Å². The van der Waals surface area contributed by atoms with Crippen molar-refractivity contribution < 1.29 is 19.1 Å². The average Bonchev–Trinajstić information content (AvgIpc) is 2.68. The molecule has 1 saturated heterocycles. The van der Waals surface area contributed by atoms with E-state index in [2.05, 4.69) is 20.9 Å². The Labute approximate surface area is 166 Å². The molecule has 2 heterocycles. The van der Waals surface area contributed by atoms with Crippen LogP contribution in [0.25, 0.3) is 0 Å². The summed E-state index contributed by atoms with van der Waals surface area (Å²) in [5.74, 6) is 0.447. The second-order valence-corrected chi connectivity index (χ2v) is 7.20. The van der Waals surface area contributed by atoms with Crippen LogP contribution in [0.15, 0.2) is 47.1 Å². The summed E-state index contributed by atoms with van der Waals surface area (Å²) < 4.78 is 11.7. The van der Waals surface area contributed by atoms with E-state index < -0.39 is 0 Å². The number of likely N-dealkylation sites (tertiary alicyclic amines) is 1. The molecule has 1 aliphatic rings. The molecular weight excluding hydrogens is 412 g/mol. The minimum absolute atomic E-state index is 0.134. The predicted molar refractivity (Wildman–Crippen MR) is 104 cm³/mol. The van der Waals surface area contributed by atoms with E-state index in [9.17, 15) is 9.59 Å². The van der Waals surface area contributed by atoms with E-state index in [0.29, 0.717) is 36.9 Å². The third kappa shape index (κ3) is 5.07. The Morgan fingerprint density at radius 1 is 1.30 bits per heavy atom. The molecule has 6 nitrogen and oxygen atoms in total. The summed E-state index contributed by atoms with van der Waals surface area (Å²) >= 11 is 3.39. The lowest BCUT2D eigenvalue weighted by Crippen LogP contribution is -2.42. The molecule has 1 amide bonds. The molecule has 0 N–H and O–H groups in total. The smallest absolute Gasteiger partial charge is 0.310 e. The van der Waals surface area contributed by atoms with Gasteiger partial charge >= 0.3 is 5.97 Å². The van der Waals surface area contributed by atoms with Crippen molar-refractivity contribution in [1.82, 2.24) is 9.88 Å². The number of hydrogen-bond donors (Lipinski definition) is 0. The van der Waals surface area contributed by atoms with Gasteiger partial charge in [0.15, 0.2) is 0 Å². The molecule has 0 spiro atoms. The zero-order chi connectivity index (χ0) is 19.2. The molecule has 0 saturated carbocycles. The summed E-state index contributed by atoms with van der Waals surface area (Å²) in [7, 11) is 0. The van der Waals surface area contributed by atoms with Crippen molar-refractivity contribution in [1.29, 1.82) is 0 Å². The monoisotopic (exact) mass is 432 g/mol. The van der Waals surface area contributed by atoms with Gasteiger partial charge in [-0.05, 0) is 44.0 Å². The quantitative estimate of drug-likeness (QED) is 0.666. The Balaban J connectivity index is 1.64. The molecule has 0 aliphatic carbocycles. The molecule has 1 atom stereocenters. The summed E-state index contributed by atoms with van der Waals surface area (Å²) in [6, 6.07) is 10.8. The molecule has 1 aromatic carbocycles. The Kier molecular flexibility index (Phi) is 6.45. The van der Waals surface area contributed by atoms with Gasteiger partial charge in [-0.3, -0.25) is 9.59 Å². The first kappa shape index (κ1) is 19.4. The molecule has 27 heavy (non-hydrogen) atoms. The van der Waals surface area contributed by atoms with Crippen LogP contribution in [0.1, 0.15) is 30.1 Å². The van der Waals surface area contributed by atoms with Crippen molar-refractivity contribution in [2.45, 2.75) is 19.8 Å². The van der Waals surface area contributed by atoms with Crippen molar-refractivity contribution in [3.8, 4) is 11.6 Å². The van der Waals surface area contributed by atoms with Gasteiger partial charge < -0.3 is 14.4 Å². The summed E-state index contributed by atoms with van der Waals surface area (Å²) in [4.78, 5) is 30.6. The largest absolute Gasteiger partial charge is 0.466 e. The minimum atomic E-state index is -0.255. The number of amides is 1. The fourth-order valence-corrected chi connectivity index (χ4v) is 3.39. The molecule has 1 fully saturated rings. The van der Waals surface area contributed by atoms with Crippen molar-refractivity contribution in [2.75, 3.05) is 19.7 Å². The first-order valence-electron chi connectivity index (χ1n) is 8.92. The molecule has 1 unspecified atom stereocenters. The van der Waals surface area contributed by atoms with E-state index in [-0.39, 0.29) is 17.8 Å². The topological polar surface area (TPSA) is 68.7 Å². The van der Waals surface area contributed by atoms with Crippen molar-refractivity contribution in [3.63, 3.8) is 0 Å². The maximum atomic E-state index is 12.7. The number of carbonyl (C=O) groups excluding carboxylic acids is 2. The maximum absolute atomic E-state index is 12.7. The normalized spacial score (nSPS) is 16.7. The van der Waals surface area contributed by atoms with Gasteiger partial charge in [-0.1, -0.05) is 22.0 Å². The highest BCUT2D eigenvalue weighted by molar-refractivity contribution is 9.10. The van der Waals surface area contributed by atoms with Crippen LogP contribution in [0, 0.1) is 5.92 Å². The molecule has 0 bridgehead atoms. The van der Waals surface area contributed by atoms with Crippen LogP contribution in [0.4, 0.5) is 0 Å². The number of rotatable bonds is 5. The van der Waals surface area contributed by atoms with Crippen molar-refractivity contribution in [3.05, 3.63) is 52.6 Å². The lowest BCUT2D eigenvalue weighted by molar-refractivity contribution is -0.149. The maximum Gasteiger partial charge on any atom is 0.310 e. The lowest BCUT2D eigenvalue weighted by Gasteiger charge is -2.31. The summed E-state index contributed by atoms with van der Waals surface area (Å²) in [6.07, 6.45) is 3.04. The second kappa shape index (κ2) is 8.99. The number of benzene rings is 1. The summed E-state index contributed by atoms with van der Waals surface area (Å²) in [5, 5.41) is 0. The number of esters is 1. The number of hydrogen-bond acceptors (Lipinski definition) is 5. The first-order valence-corrected chi connectivity index (χ1v) is 9.71. The number of carbonyl (C=O) groups is 2. The number of piperidine rings is 1. The van der Waals surface area contributed by atoms with Gasteiger partial charge in [0.25, 0.3) is 5.91 Å². The van der Waals surface area contributed by atoms with E-state index in [0.717, 1.165) is 17.3 Å². The molecule has 0 radical (unpaired) electrons. The third-order valence-corrected chi connectivity index (χ3v) is 4.82. The molecule has 2 aromatic rings. The van der Waals surface area contributed by atoms with E-state index >= 15 is 0 Å². The molecular formula is C20H21BrN2O4. The summed E-state index contributed by atoms with van der Waals surface area (Å²) in [6.45, 7) is 3.15. The second-order valence-electron chi connectivity index (χ2n) is 6.29. The number of ether oxygens (including phenoxy) is 2. The van der Waals surface area contributed by atoms with E-state index in [1.54, 1.807) is 24.0 Å². The van der Waals surface area contributed by atoms with E-state index in [4.69, 9.17) is 9.47 Å². The molecule has 1 aliphatic heterocycles. The Morgan fingerprint density at radius 3 is 2.85 bits per heavy atom. The SMILES string of the molecule is CCOC(=O)C1CCCN(C(=O)c2ccc(Oc3cccc(Br)c3)nc2)C1.